The minimum absolute atomic E-state index is 0.0475. The Kier molecular flexibility index (Phi) is 5.28. The van der Waals surface area contributed by atoms with Gasteiger partial charge in [-0.25, -0.2) is 0 Å². The van der Waals surface area contributed by atoms with Crippen LogP contribution in [-0.4, -0.2) is 30.3 Å². The minimum atomic E-state index is -0.142. The summed E-state index contributed by atoms with van der Waals surface area (Å²) < 4.78 is 10.7. The van der Waals surface area contributed by atoms with Gasteiger partial charge in [0.15, 0.2) is 0 Å². The Morgan fingerprint density at radius 1 is 1.39 bits per heavy atom. The van der Waals surface area contributed by atoms with Gasteiger partial charge in [0.1, 0.15) is 6.10 Å². The molecule has 0 fully saturated rings. The Bertz CT molecular complexity index is 357. The molecular weight excluding hydrogens is 230 g/mol. The van der Waals surface area contributed by atoms with Crippen molar-refractivity contribution in [2.24, 2.45) is 5.41 Å². The third-order valence-corrected chi connectivity index (χ3v) is 3.02. The van der Waals surface area contributed by atoms with Gasteiger partial charge in [0.25, 0.3) is 0 Å². The van der Waals surface area contributed by atoms with E-state index >= 15 is 0 Å². The molecule has 1 heterocycles. The molecule has 0 aliphatic carbocycles. The molecule has 1 N–H and O–H groups in total. The summed E-state index contributed by atoms with van der Waals surface area (Å²) in [6, 6.07) is 0.446. The van der Waals surface area contributed by atoms with Crippen molar-refractivity contribution < 1.29 is 9.26 Å². The number of aryl methyl sites for hydroxylation is 1. The van der Waals surface area contributed by atoms with Crippen LogP contribution < -0.4 is 5.32 Å². The zero-order valence-electron chi connectivity index (χ0n) is 12.3. The van der Waals surface area contributed by atoms with E-state index in [1.807, 2.05) is 7.05 Å². The van der Waals surface area contributed by atoms with Crippen LogP contribution in [0.1, 0.15) is 51.9 Å². The first-order valence-electron chi connectivity index (χ1n) is 6.41. The van der Waals surface area contributed by atoms with Crippen molar-refractivity contribution in [1.82, 2.24) is 15.5 Å². The molecule has 0 saturated carbocycles. The molecule has 18 heavy (non-hydrogen) atoms. The van der Waals surface area contributed by atoms with Crippen LogP contribution in [0.4, 0.5) is 0 Å². The maximum absolute atomic E-state index is 5.46. The number of hydrogen-bond donors (Lipinski definition) is 1. The lowest BCUT2D eigenvalue weighted by Gasteiger charge is -2.26. The summed E-state index contributed by atoms with van der Waals surface area (Å²) in [6.45, 7) is 8.42. The van der Waals surface area contributed by atoms with E-state index < -0.39 is 0 Å². The molecule has 1 aromatic rings. The molecule has 1 rings (SSSR count). The van der Waals surface area contributed by atoms with E-state index in [0.29, 0.717) is 17.8 Å². The third kappa shape index (κ3) is 4.07. The van der Waals surface area contributed by atoms with Gasteiger partial charge >= 0.3 is 0 Å². The van der Waals surface area contributed by atoms with E-state index in [9.17, 15) is 0 Å². The van der Waals surface area contributed by atoms with Gasteiger partial charge in [0.2, 0.25) is 11.7 Å². The summed E-state index contributed by atoms with van der Waals surface area (Å²) in [6.07, 6.45) is 1.62. The first-order valence-corrected chi connectivity index (χ1v) is 6.41. The monoisotopic (exact) mass is 255 g/mol. The molecule has 1 aromatic heterocycles. The fraction of sp³-hybridized carbons (Fsp3) is 0.846. The molecule has 0 amide bonds. The summed E-state index contributed by atoms with van der Waals surface area (Å²) in [4.78, 5) is 4.42. The molecule has 0 aliphatic rings. The van der Waals surface area contributed by atoms with Crippen molar-refractivity contribution >= 4 is 0 Å². The van der Waals surface area contributed by atoms with Gasteiger partial charge in [-0.15, -0.1) is 0 Å². The number of rotatable bonds is 6. The lowest BCUT2D eigenvalue weighted by molar-refractivity contribution is 0.00718. The average molecular weight is 255 g/mol. The van der Waals surface area contributed by atoms with Gasteiger partial charge in [-0.05, 0) is 25.8 Å². The summed E-state index contributed by atoms with van der Waals surface area (Å²) in [7, 11) is 3.62. The number of hydrogen-bond acceptors (Lipinski definition) is 5. The van der Waals surface area contributed by atoms with Gasteiger partial charge in [0.05, 0.1) is 0 Å². The summed E-state index contributed by atoms with van der Waals surface area (Å²) in [5, 5.41) is 7.21. The van der Waals surface area contributed by atoms with Crippen LogP contribution >= 0.6 is 0 Å². The molecule has 104 valence electrons. The molecular formula is C13H25N3O2. The lowest BCUT2D eigenvalue weighted by atomic mass is 9.88. The van der Waals surface area contributed by atoms with E-state index in [2.05, 4.69) is 43.2 Å². The fourth-order valence-electron chi connectivity index (χ4n) is 1.81. The highest BCUT2D eigenvalue weighted by molar-refractivity contribution is 4.96. The van der Waals surface area contributed by atoms with E-state index in [1.165, 1.54) is 0 Å². The van der Waals surface area contributed by atoms with Crippen LogP contribution in [0.15, 0.2) is 4.52 Å². The van der Waals surface area contributed by atoms with Crippen molar-refractivity contribution in [1.29, 1.82) is 0 Å². The minimum Gasteiger partial charge on any atom is -0.373 e. The zero-order chi connectivity index (χ0) is 13.8. The van der Waals surface area contributed by atoms with Gasteiger partial charge in [-0.3, -0.25) is 0 Å². The van der Waals surface area contributed by atoms with E-state index in [-0.39, 0.29) is 11.5 Å². The van der Waals surface area contributed by atoms with E-state index in [4.69, 9.17) is 9.26 Å². The van der Waals surface area contributed by atoms with Crippen LogP contribution in [0, 0.1) is 5.41 Å². The van der Waals surface area contributed by atoms with E-state index in [1.54, 1.807) is 7.11 Å². The second kappa shape index (κ2) is 6.29. The first-order chi connectivity index (χ1) is 8.38. The average Bonchev–Trinajstić information content (AvgIpc) is 2.73. The van der Waals surface area contributed by atoms with Crippen molar-refractivity contribution in [2.45, 2.75) is 52.7 Å². The molecule has 0 radical (unpaired) electrons. The Labute approximate surface area is 109 Å². The third-order valence-electron chi connectivity index (χ3n) is 3.02. The Morgan fingerprint density at radius 3 is 2.56 bits per heavy atom. The molecule has 0 aromatic carbocycles. The maximum Gasteiger partial charge on any atom is 0.226 e. The molecule has 0 spiro atoms. The van der Waals surface area contributed by atoms with Crippen LogP contribution in [0.25, 0.3) is 0 Å². The van der Waals surface area contributed by atoms with Crippen LogP contribution in [0.5, 0.6) is 0 Å². The highest BCUT2D eigenvalue weighted by atomic mass is 16.5. The number of ether oxygens (including phenoxy) is 1. The Morgan fingerprint density at radius 2 is 2.06 bits per heavy atom. The highest BCUT2D eigenvalue weighted by Gasteiger charge is 2.30. The molecule has 5 nitrogen and oxygen atoms in total. The van der Waals surface area contributed by atoms with Crippen molar-refractivity contribution in [3.63, 3.8) is 0 Å². The normalized spacial score (nSPS) is 15.7. The molecule has 0 aliphatic heterocycles. The van der Waals surface area contributed by atoms with Crippen molar-refractivity contribution in [2.75, 3.05) is 14.2 Å². The zero-order valence-corrected chi connectivity index (χ0v) is 12.3. The predicted octanol–water partition coefficient (Wildman–Crippen LogP) is 2.34. The van der Waals surface area contributed by atoms with E-state index in [0.717, 1.165) is 12.8 Å². The van der Waals surface area contributed by atoms with Crippen molar-refractivity contribution in [3.05, 3.63) is 11.7 Å². The second-order valence-electron chi connectivity index (χ2n) is 5.76. The number of nitrogens with zero attached hydrogens (tertiary/aromatic N) is 2. The van der Waals surface area contributed by atoms with Gasteiger partial charge in [0, 0.05) is 19.6 Å². The van der Waals surface area contributed by atoms with Crippen LogP contribution in [0.2, 0.25) is 0 Å². The summed E-state index contributed by atoms with van der Waals surface area (Å²) in [5.74, 6) is 1.32. The van der Waals surface area contributed by atoms with Gasteiger partial charge < -0.3 is 14.6 Å². The van der Waals surface area contributed by atoms with Crippen LogP contribution in [-0.2, 0) is 11.2 Å². The molecule has 5 heteroatoms. The Hall–Kier alpha value is -0.940. The number of nitrogens with one attached hydrogen (secondary N) is 1. The standard InChI is InChI=1S/C13H25N3O2/c1-9(14-5)7-8-10-15-12(16-18-10)11(17-6)13(2,3)4/h9,11,14H,7-8H2,1-6H3. The molecule has 0 bridgehead atoms. The largest absolute Gasteiger partial charge is 0.373 e. The lowest BCUT2D eigenvalue weighted by Crippen LogP contribution is -2.22. The predicted molar refractivity (Wildman–Crippen MR) is 70.3 cm³/mol. The summed E-state index contributed by atoms with van der Waals surface area (Å²) in [5.41, 5.74) is -0.0475. The van der Waals surface area contributed by atoms with Gasteiger partial charge in [-0.1, -0.05) is 25.9 Å². The first kappa shape index (κ1) is 15.1. The fourth-order valence-corrected chi connectivity index (χ4v) is 1.81. The molecule has 2 atom stereocenters. The Balaban J connectivity index is 2.67. The van der Waals surface area contributed by atoms with Gasteiger partial charge in [-0.2, -0.15) is 4.98 Å². The highest BCUT2D eigenvalue weighted by Crippen LogP contribution is 2.33. The molecule has 0 saturated heterocycles. The number of aromatic nitrogens is 2. The summed E-state index contributed by atoms with van der Waals surface area (Å²) >= 11 is 0. The SMILES string of the molecule is CNC(C)CCc1nc(C(OC)C(C)(C)C)no1. The topological polar surface area (TPSA) is 60.2 Å². The molecule has 2 unspecified atom stereocenters. The quantitative estimate of drug-likeness (QED) is 0.845. The smallest absolute Gasteiger partial charge is 0.226 e. The number of methoxy groups -OCH3 is 1. The van der Waals surface area contributed by atoms with Crippen molar-refractivity contribution in [3.8, 4) is 0 Å². The van der Waals surface area contributed by atoms with Crippen LogP contribution in [0.3, 0.4) is 0 Å². The second-order valence-corrected chi connectivity index (χ2v) is 5.76. The maximum atomic E-state index is 5.46.